The molecule has 0 saturated carbocycles. The van der Waals surface area contributed by atoms with Crippen LogP contribution < -0.4 is 0 Å². The SMILES string of the molecule is COC(C)C(=O)N1CCCC1C. The number of carbonyl (C=O) groups is 1. The Morgan fingerprint density at radius 2 is 2.33 bits per heavy atom. The first-order valence-electron chi connectivity index (χ1n) is 4.50. The first-order valence-corrected chi connectivity index (χ1v) is 4.50. The van der Waals surface area contributed by atoms with E-state index in [0.29, 0.717) is 6.04 Å². The fraction of sp³-hybridized carbons (Fsp3) is 0.889. The van der Waals surface area contributed by atoms with Crippen molar-refractivity contribution in [1.82, 2.24) is 4.90 Å². The molecular formula is C9H17NO2. The van der Waals surface area contributed by atoms with Crippen LogP contribution in [0, 0.1) is 0 Å². The van der Waals surface area contributed by atoms with Crippen molar-refractivity contribution in [2.24, 2.45) is 0 Å². The molecule has 0 N–H and O–H groups in total. The summed E-state index contributed by atoms with van der Waals surface area (Å²) in [4.78, 5) is 13.5. The van der Waals surface area contributed by atoms with E-state index < -0.39 is 0 Å². The van der Waals surface area contributed by atoms with E-state index in [1.807, 2.05) is 4.90 Å². The van der Waals surface area contributed by atoms with E-state index in [1.165, 1.54) is 0 Å². The molecule has 1 aliphatic heterocycles. The summed E-state index contributed by atoms with van der Waals surface area (Å²) < 4.78 is 4.98. The fourth-order valence-electron chi connectivity index (χ4n) is 1.60. The number of likely N-dealkylation sites (tertiary alicyclic amines) is 1. The Hall–Kier alpha value is -0.570. The first-order chi connectivity index (χ1) is 5.66. The Kier molecular flexibility index (Phi) is 3.09. The van der Waals surface area contributed by atoms with Gasteiger partial charge < -0.3 is 9.64 Å². The molecule has 0 aromatic heterocycles. The molecule has 0 aliphatic carbocycles. The van der Waals surface area contributed by atoms with Crippen LogP contribution in [0.3, 0.4) is 0 Å². The molecule has 70 valence electrons. The van der Waals surface area contributed by atoms with Crippen molar-refractivity contribution in [1.29, 1.82) is 0 Å². The van der Waals surface area contributed by atoms with Gasteiger partial charge in [0.2, 0.25) is 0 Å². The van der Waals surface area contributed by atoms with Crippen molar-refractivity contribution < 1.29 is 9.53 Å². The molecule has 3 nitrogen and oxygen atoms in total. The molecule has 3 heteroatoms. The monoisotopic (exact) mass is 171 g/mol. The highest BCUT2D eigenvalue weighted by Crippen LogP contribution is 2.17. The Morgan fingerprint density at radius 1 is 1.67 bits per heavy atom. The summed E-state index contributed by atoms with van der Waals surface area (Å²) in [6, 6.07) is 0.398. The predicted octanol–water partition coefficient (Wildman–Crippen LogP) is 1.03. The number of hydrogen-bond acceptors (Lipinski definition) is 2. The molecule has 2 atom stereocenters. The standard InChI is InChI=1S/C9H17NO2/c1-7-5-4-6-10(7)9(11)8(2)12-3/h7-8H,4-6H2,1-3H3. The summed E-state index contributed by atoms with van der Waals surface area (Å²) in [5.41, 5.74) is 0. The molecule has 1 saturated heterocycles. The lowest BCUT2D eigenvalue weighted by atomic mass is 10.2. The Bertz CT molecular complexity index is 170. The normalized spacial score (nSPS) is 25.9. The maximum Gasteiger partial charge on any atom is 0.251 e. The molecule has 1 amide bonds. The molecule has 0 aromatic carbocycles. The average Bonchev–Trinajstić information content (AvgIpc) is 2.48. The second-order valence-corrected chi connectivity index (χ2v) is 3.40. The minimum absolute atomic E-state index is 0.127. The maximum absolute atomic E-state index is 11.6. The van der Waals surface area contributed by atoms with Crippen LogP contribution >= 0.6 is 0 Å². The summed E-state index contributed by atoms with van der Waals surface area (Å²) in [6.07, 6.45) is 1.97. The van der Waals surface area contributed by atoms with Gasteiger partial charge >= 0.3 is 0 Å². The lowest BCUT2D eigenvalue weighted by Gasteiger charge is -2.24. The smallest absolute Gasteiger partial charge is 0.251 e. The summed E-state index contributed by atoms with van der Waals surface area (Å²) in [5.74, 6) is 0.127. The van der Waals surface area contributed by atoms with Crippen LogP contribution in [-0.2, 0) is 9.53 Å². The van der Waals surface area contributed by atoms with Crippen LogP contribution in [0.25, 0.3) is 0 Å². The average molecular weight is 171 g/mol. The van der Waals surface area contributed by atoms with E-state index in [2.05, 4.69) is 6.92 Å². The molecule has 1 aliphatic rings. The van der Waals surface area contributed by atoms with Crippen LogP contribution in [0.1, 0.15) is 26.7 Å². The number of rotatable bonds is 2. The predicted molar refractivity (Wildman–Crippen MR) is 46.9 cm³/mol. The van der Waals surface area contributed by atoms with Crippen molar-refractivity contribution in [2.45, 2.75) is 38.8 Å². The summed E-state index contributed by atoms with van der Waals surface area (Å²) in [6.45, 7) is 4.79. The minimum Gasteiger partial charge on any atom is -0.372 e. The molecule has 0 spiro atoms. The Labute approximate surface area is 73.7 Å². The van der Waals surface area contributed by atoms with Gasteiger partial charge in [-0.05, 0) is 26.7 Å². The van der Waals surface area contributed by atoms with Gasteiger partial charge in [-0.15, -0.1) is 0 Å². The van der Waals surface area contributed by atoms with Crippen LogP contribution in [0.5, 0.6) is 0 Å². The zero-order valence-corrected chi connectivity index (χ0v) is 8.04. The van der Waals surface area contributed by atoms with Gasteiger partial charge in [0.1, 0.15) is 6.10 Å². The van der Waals surface area contributed by atoms with Crippen molar-refractivity contribution in [3.8, 4) is 0 Å². The molecule has 1 rings (SSSR count). The third-order valence-corrected chi connectivity index (χ3v) is 2.54. The molecule has 1 fully saturated rings. The Morgan fingerprint density at radius 3 is 2.75 bits per heavy atom. The topological polar surface area (TPSA) is 29.5 Å². The fourth-order valence-corrected chi connectivity index (χ4v) is 1.60. The lowest BCUT2D eigenvalue weighted by Crippen LogP contribution is -2.40. The van der Waals surface area contributed by atoms with E-state index in [1.54, 1.807) is 14.0 Å². The van der Waals surface area contributed by atoms with E-state index in [4.69, 9.17) is 4.74 Å². The highest BCUT2D eigenvalue weighted by molar-refractivity contribution is 5.81. The third kappa shape index (κ3) is 1.78. The minimum atomic E-state index is -0.287. The second-order valence-electron chi connectivity index (χ2n) is 3.40. The van der Waals surface area contributed by atoms with Crippen molar-refractivity contribution in [3.05, 3.63) is 0 Å². The van der Waals surface area contributed by atoms with Gasteiger partial charge in [-0.3, -0.25) is 4.79 Å². The first kappa shape index (κ1) is 9.52. The second kappa shape index (κ2) is 3.90. The van der Waals surface area contributed by atoms with Crippen molar-refractivity contribution in [3.63, 3.8) is 0 Å². The van der Waals surface area contributed by atoms with Crippen LogP contribution in [0.4, 0.5) is 0 Å². The van der Waals surface area contributed by atoms with Crippen molar-refractivity contribution in [2.75, 3.05) is 13.7 Å². The van der Waals surface area contributed by atoms with E-state index >= 15 is 0 Å². The number of nitrogens with zero attached hydrogens (tertiary/aromatic N) is 1. The van der Waals surface area contributed by atoms with Crippen molar-refractivity contribution >= 4 is 5.91 Å². The van der Waals surface area contributed by atoms with Gasteiger partial charge in [-0.2, -0.15) is 0 Å². The van der Waals surface area contributed by atoms with Crippen LogP contribution in [0.2, 0.25) is 0 Å². The number of carbonyl (C=O) groups excluding carboxylic acids is 1. The summed E-state index contributed by atoms with van der Waals surface area (Å²) >= 11 is 0. The van der Waals surface area contributed by atoms with Crippen LogP contribution in [-0.4, -0.2) is 36.6 Å². The number of methoxy groups -OCH3 is 1. The quantitative estimate of drug-likeness (QED) is 0.621. The van der Waals surface area contributed by atoms with Gasteiger partial charge in [-0.25, -0.2) is 0 Å². The third-order valence-electron chi connectivity index (χ3n) is 2.54. The summed E-state index contributed by atoms with van der Waals surface area (Å²) in [5, 5.41) is 0. The molecule has 1 heterocycles. The highest BCUT2D eigenvalue weighted by atomic mass is 16.5. The number of hydrogen-bond donors (Lipinski definition) is 0. The van der Waals surface area contributed by atoms with Gasteiger partial charge in [0.25, 0.3) is 5.91 Å². The van der Waals surface area contributed by atoms with E-state index in [9.17, 15) is 4.79 Å². The number of amides is 1. The molecular weight excluding hydrogens is 154 g/mol. The number of ether oxygens (including phenoxy) is 1. The van der Waals surface area contributed by atoms with E-state index in [0.717, 1.165) is 19.4 Å². The largest absolute Gasteiger partial charge is 0.372 e. The maximum atomic E-state index is 11.6. The van der Waals surface area contributed by atoms with Gasteiger partial charge in [0.15, 0.2) is 0 Å². The molecule has 0 bridgehead atoms. The highest BCUT2D eigenvalue weighted by Gasteiger charge is 2.28. The molecule has 2 unspecified atom stereocenters. The van der Waals surface area contributed by atoms with Gasteiger partial charge in [0, 0.05) is 19.7 Å². The van der Waals surface area contributed by atoms with Gasteiger partial charge in [-0.1, -0.05) is 0 Å². The van der Waals surface area contributed by atoms with Gasteiger partial charge in [0.05, 0.1) is 0 Å². The summed E-state index contributed by atoms with van der Waals surface area (Å²) in [7, 11) is 1.57. The van der Waals surface area contributed by atoms with Crippen LogP contribution in [0.15, 0.2) is 0 Å². The van der Waals surface area contributed by atoms with E-state index in [-0.39, 0.29) is 12.0 Å². The Balaban J connectivity index is 2.51. The zero-order valence-electron chi connectivity index (χ0n) is 8.04. The zero-order chi connectivity index (χ0) is 9.14. The molecule has 0 radical (unpaired) electrons. The molecule has 0 aromatic rings. The lowest BCUT2D eigenvalue weighted by molar-refractivity contribution is -0.141. The molecule has 12 heavy (non-hydrogen) atoms.